The van der Waals surface area contributed by atoms with Gasteiger partial charge in [-0.3, -0.25) is 4.98 Å². The zero-order valence-corrected chi connectivity index (χ0v) is 17.9. The maximum Gasteiger partial charge on any atom is 0.353 e. The average molecular weight is 427 g/mol. The second kappa shape index (κ2) is 7.45. The molecule has 0 fully saturated rings. The number of aromatic nitrogens is 6. The Morgan fingerprint density at radius 3 is 2.38 bits per heavy atom. The molecule has 0 atom stereocenters. The Morgan fingerprint density at radius 2 is 1.72 bits per heavy atom. The highest BCUT2D eigenvalue weighted by Gasteiger charge is 2.22. The zero-order chi connectivity index (χ0) is 22.4. The monoisotopic (exact) mass is 427 g/mol. The van der Waals surface area contributed by atoms with Gasteiger partial charge in [-0.15, -0.1) is 5.10 Å². The van der Waals surface area contributed by atoms with Gasteiger partial charge in [-0.1, -0.05) is 35.5 Å². The van der Waals surface area contributed by atoms with E-state index in [4.69, 9.17) is 10.3 Å². The molecule has 4 heterocycles. The zero-order valence-electron chi connectivity index (χ0n) is 17.9. The molecule has 5 aromatic rings. The van der Waals surface area contributed by atoms with E-state index in [1.807, 2.05) is 56.3 Å². The van der Waals surface area contributed by atoms with Gasteiger partial charge in [0.05, 0.1) is 24.0 Å². The van der Waals surface area contributed by atoms with Crippen LogP contribution in [0.2, 0.25) is 0 Å². The molecule has 0 aliphatic rings. The van der Waals surface area contributed by atoms with E-state index in [2.05, 4.69) is 20.2 Å². The van der Waals surface area contributed by atoms with Crippen molar-refractivity contribution in [3.8, 4) is 22.4 Å². The number of hydrogen-bond acceptors (Lipinski definition) is 7. The summed E-state index contributed by atoms with van der Waals surface area (Å²) < 4.78 is 7.82. The number of benzene rings is 1. The Morgan fingerprint density at radius 1 is 1.00 bits per heavy atom. The van der Waals surface area contributed by atoms with Crippen LogP contribution >= 0.6 is 0 Å². The van der Waals surface area contributed by atoms with Gasteiger partial charge >= 0.3 is 5.69 Å². The van der Waals surface area contributed by atoms with Crippen LogP contribution in [0, 0.1) is 20.8 Å². The molecule has 0 aliphatic heterocycles. The molecule has 0 bridgehead atoms. The Bertz CT molecular complexity index is 1490. The SMILES string of the molecule is Cc1cc(-c2c(-c3ccccc3)nc(N)n3c(=O)n(Cc4cnoc4C)nc23)cc(C)n1. The molecular weight excluding hydrogens is 406 g/mol. The van der Waals surface area contributed by atoms with Gasteiger partial charge in [-0.05, 0) is 38.5 Å². The van der Waals surface area contributed by atoms with Crippen molar-refractivity contribution in [1.82, 2.24) is 29.3 Å². The van der Waals surface area contributed by atoms with Gasteiger partial charge in [0.15, 0.2) is 5.65 Å². The van der Waals surface area contributed by atoms with E-state index in [-0.39, 0.29) is 18.2 Å². The first kappa shape index (κ1) is 19.7. The van der Waals surface area contributed by atoms with E-state index in [1.54, 1.807) is 13.1 Å². The molecule has 9 nitrogen and oxygen atoms in total. The maximum absolute atomic E-state index is 13.2. The smallest absolute Gasteiger partial charge is 0.353 e. The maximum atomic E-state index is 13.2. The van der Waals surface area contributed by atoms with Gasteiger partial charge in [0.1, 0.15) is 5.76 Å². The Hall–Kier alpha value is -4.27. The predicted molar refractivity (Wildman–Crippen MR) is 120 cm³/mol. The third-order valence-corrected chi connectivity index (χ3v) is 5.34. The fraction of sp³-hybridized carbons (Fsp3) is 0.174. The van der Waals surface area contributed by atoms with Crippen LogP contribution in [0.15, 0.2) is 58.0 Å². The lowest BCUT2D eigenvalue weighted by molar-refractivity contribution is 0.395. The van der Waals surface area contributed by atoms with Gasteiger partial charge in [-0.2, -0.15) is 0 Å². The number of hydrogen-bond donors (Lipinski definition) is 1. The van der Waals surface area contributed by atoms with Gasteiger partial charge in [0, 0.05) is 22.5 Å². The van der Waals surface area contributed by atoms with Crippen LogP contribution in [0.25, 0.3) is 28.0 Å². The first-order valence-electron chi connectivity index (χ1n) is 10.1. The van der Waals surface area contributed by atoms with E-state index >= 15 is 0 Å². The summed E-state index contributed by atoms with van der Waals surface area (Å²) in [6.07, 6.45) is 1.58. The van der Waals surface area contributed by atoms with Crippen LogP contribution in [0.1, 0.15) is 22.7 Å². The number of rotatable bonds is 4. The van der Waals surface area contributed by atoms with E-state index in [9.17, 15) is 4.79 Å². The highest BCUT2D eigenvalue weighted by molar-refractivity contribution is 5.90. The van der Waals surface area contributed by atoms with Crippen LogP contribution in [-0.2, 0) is 6.54 Å². The number of nitrogens with two attached hydrogens (primary N) is 1. The van der Waals surface area contributed by atoms with Crippen molar-refractivity contribution >= 4 is 11.6 Å². The molecule has 0 saturated heterocycles. The Kier molecular flexibility index (Phi) is 4.58. The number of anilines is 1. The largest absolute Gasteiger partial charge is 0.369 e. The highest BCUT2D eigenvalue weighted by Crippen LogP contribution is 2.34. The number of nitrogen functional groups attached to an aromatic ring is 1. The minimum Gasteiger partial charge on any atom is -0.369 e. The van der Waals surface area contributed by atoms with Crippen LogP contribution in [-0.4, -0.2) is 29.3 Å². The van der Waals surface area contributed by atoms with E-state index in [1.165, 1.54) is 9.08 Å². The Balaban J connectivity index is 1.84. The molecule has 0 saturated carbocycles. The van der Waals surface area contributed by atoms with Crippen molar-refractivity contribution in [2.45, 2.75) is 27.3 Å². The second-order valence-electron chi connectivity index (χ2n) is 7.70. The normalized spacial score (nSPS) is 11.3. The first-order chi connectivity index (χ1) is 15.4. The lowest BCUT2D eigenvalue weighted by Gasteiger charge is -2.13. The van der Waals surface area contributed by atoms with E-state index < -0.39 is 0 Å². The summed E-state index contributed by atoms with van der Waals surface area (Å²) in [5, 5.41) is 8.46. The molecule has 160 valence electrons. The fourth-order valence-electron chi connectivity index (χ4n) is 3.89. The number of pyridine rings is 1. The molecule has 0 aliphatic carbocycles. The van der Waals surface area contributed by atoms with Crippen molar-refractivity contribution in [2.75, 3.05) is 5.73 Å². The third kappa shape index (κ3) is 3.24. The van der Waals surface area contributed by atoms with Crippen molar-refractivity contribution in [3.63, 3.8) is 0 Å². The molecule has 0 radical (unpaired) electrons. The Labute approximate surface area is 183 Å². The summed E-state index contributed by atoms with van der Waals surface area (Å²) in [5.74, 6) is 0.703. The standard InChI is InChI=1S/C23H21N7O2/c1-13-9-17(10-14(2)26-13)19-20(16-7-5-4-6-8-16)27-22(24)30-21(19)28-29(23(30)31)12-18-11-25-32-15(18)3/h4-11H,12H2,1-3H3,(H2,24,27). The molecule has 4 aromatic heterocycles. The minimum atomic E-state index is -0.381. The molecule has 0 amide bonds. The van der Waals surface area contributed by atoms with Crippen LogP contribution in [0.4, 0.5) is 5.95 Å². The third-order valence-electron chi connectivity index (χ3n) is 5.34. The molecule has 2 N–H and O–H groups in total. The summed E-state index contributed by atoms with van der Waals surface area (Å²) in [6, 6.07) is 13.6. The van der Waals surface area contributed by atoms with Gasteiger partial charge in [0.2, 0.25) is 5.95 Å². The lowest BCUT2D eigenvalue weighted by atomic mass is 9.99. The topological polar surface area (TPSA) is 117 Å². The highest BCUT2D eigenvalue weighted by atomic mass is 16.5. The summed E-state index contributed by atoms with van der Waals surface area (Å²) in [7, 11) is 0. The summed E-state index contributed by atoms with van der Waals surface area (Å²) in [5.41, 5.74) is 11.9. The van der Waals surface area contributed by atoms with Gasteiger partial charge in [0.25, 0.3) is 0 Å². The van der Waals surface area contributed by atoms with Crippen molar-refractivity contribution in [2.24, 2.45) is 0 Å². The van der Waals surface area contributed by atoms with Crippen LogP contribution in [0.5, 0.6) is 0 Å². The molecule has 9 heteroatoms. The van der Waals surface area contributed by atoms with E-state index in [0.29, 0.717) is 17.1 Å². The molecule has 0 spiro atoms. The quantitative estimate of drug-likeness (QED) is 0.468. The lowest BCUT2D eigenvalue weighted by Crippen LogP contribution is -2.23. The van der Waals surface area contributed by atoms with Gasteiger partial charge in [-0.25, -0.2) is 18.9 Å². The van der Waals surface area contributed by atoms with Crippen molar-refractivity contribution < 1.29 is 4.52 Å². The summed E-state index contributed by atoms with van der Waals surface area (Å²) in [4.78, 5) is 22.3. The summed E-state index contributed by atoms with van der Waals surface area (Å²) in [6.45, 7) is 5.87. The fourth-order valence-corrected chi connectivity index (χ4v) is 3.89. The molecule has 1 aromatic carbocycles. The molecular formula is C23H21N7O2. The van der Waals surface area contributed by atoms with Crippen LogP contribution < -0.4 is 11.4 Å². The second-order valence-corrected chi connectivity index (χ2v) is 7.70. The van der Waals surface area contributed by atoms with E-state index in [0.717, 1.165) is 33.6 Å². The molecule has 5 rings (SSSR count). The number of aryl methyl sites for hydroxylation is 3. The van der Waals surface area contributed by atoms with Crippen LogP contribution in [0.3, 0.4) is 0 Å². The van der Waals surface area contributed by atoms with Crippen molar-refractivity contribution in [1.29, 1.82) is 0 Å². The number of nitrogens with zero attached hydrogens (tertiary/aromatic N) is 6. The molecule has 0 unspecified atom stereocenters. The average Bonchev–Trinajstić information content (AvgIpc) is 3.31. The van der Waals surface area contributed by atoms with Gasteiger partial charge < -0.3 is 10.3 Å². The minimum absolute atomic E-state index is 0.0726. The molecule has 32 heavy (non-hydrogen) atoms. The predicted octanol–water partition coefficient (Wildman–Crippen LogP) is 3.16. The van der Waals surface area contributed by atoms with Crippen molar-refractivity contribution in [3.05, 3.63) is 81.9 Å². The summed E-state index contributed by atoms with van der Waals surface area (Å²) >= 11 is 0. The number of fused-ring (bicyclic) bond motifs is 1. The first-order valence-corrected chi connectivity index (χ1v) is 10.1.